The molecule has 2 fully saturated rings. The summed E-state index contributed by atoms with van der Waals surface area (Å²) in [6.45, 7) is 6.26. The van der Waals surface area contributed by atoms with E-state index in [1.54, 1.807) is 12.1 Å². The van der Waals surface area contributed by atoms with Gasteiger partial charge in [0.15, 0.2) is 5.75 Å². The van der Waals surface area contributed by atoms with Crippen molar-refractivity contribution in [1.82, 2.24) is 10.2 Å². The van der Waals surface area contributed by atoms with E-state index in [9.17, 15) is 10.1 Å². The molecule has 0 aromatic heterocycles. The van der Waals surface area contributed by atoms with E-state index in [1.165, 1.54) is 13.2 Å². The lowest BCUT2D eigenvalue weighted by molar-refractivity contribution is -0.385. The first-order chi connectivity index (χ1) is 10.2. The van der Waals surface area contributed by atoms with Crippen LogP contribution in [0.15, 0.2) is 18.2 Å². The molecule has 1 N–H and O–H groups in total. The summed E-state index contributed by atoms with van der Waals surface area (Å²) in [5, 5.41) is 14.3. The number of piperazine rings is 1. The van der Waals surface area contributed by atoms with Crippen LogP contribution in [0.5, 0.6) is 5.75 Å². The molecule has 1 aromatic rings. The van der Waals surface area contributed by atoms with Crippen molar-refractivity contribution in [3.8, 4) is 5.75 Å². The maximum absolute atomic E-state index is 10.9. The number of nitro groups is 1. The topological polar surface area (TPSA) is 70.9 Å². The van der Waals surface area contributed by atoms with Gasteiger partial charge in [0.2, 0.25) is 0 Å². The molecule has 0 amide bonds. The highest BCUT2D eigenvalue weighted by Gasteiger charge is 2.33. The van der Waals surface area contributed by atoms with Crippen LogP contribution in [-0.2, 0) is 0 Å². The minimum Gasteiger partial charge on any atom is -0.490 e. The quantitative estimate of drug-likeness (QED) is 0.650. The summed E-state index contributed by atoms with van der Waals surface area (Å²) in [6.07, 6.45) is 0. The van der Waals surface area contributed by atoms with E-state index in [-0.39, 0.29) is 5.69 Å². The molecule has 0 unspecified atom stereocenters. The summed E-state index contributed by atoms with van der Waals surface area (Å²) in [6, 6.07) is 5.67. The van der Waals surface area contributed by atoms with E-state index < -0.39 is 4.92 Å². The highest BCUT2D eigenvalue weighted by Crippen LogP contribution is 2.33. The molecule has 0 atom stereocenters. The fourth-order valence-electron chi connectivity index (χ4n) is 2.96. The van der Waals surface area contributed by atoms with Crippen molar-refractivity contribution in [3.05, 3.63) is 28.3 Å². The first-order valence-corrected chi connectivity index (χ1v) is 7.21. The summed E-state index contributed by atoms with van der Waals surface area (Å²) in [4.78, 5) is 15.2. The Morgan fingerprint density at radius 1 is 1.33 bits per heavy atom. The second-order valence-corrected chi connectivity index (χ2v) is 5.46. The number of nitrogens with one attached hydrogen (secondary N) is 1. The van der Waals surface area contributed by atoms with Crippen LogP contribution in [0.25, 0.3) is 0 Å². The van der Waals surface area contributed by atoms with Gasteiger partial charge in [0.25, 0.3) is 0 Å². The predicted octanol–water partition coefficient (Wildman–Crippen LogP) is 0.697. The van der Waals surface area contributed by atoms with E-state index in [0.717, 1.165) is 45.0 Å². The highest BCUT2D eigenvalue weighted by atomic mass is 16.6. The Labute approximate surface area is 123 Å². The van der Waals surface area contributed by atoms with Gasteiger partial charge in [0, 0.05) is 63.1 Å². The van der Waals surface area contributed by atoms with E-state index in [0.29, 0.717) is 11.8 Å². The van der Waals surface area contributed by atoms with Gasteiger partial charge in [-0.15, -0.1) is 0 Å². The molecule has 2 aliphatic rings. The minimum atomic E-state index is -0.414. The lowest BCUT2D eigenvalue weighted by Crippen LogP contribution is -2.62. The van der Waals surface area contributed by atoms with Crippen LogP contribution >= 0.6 is 0 Å². The van der Waals surface area contributed by atoms with Gasteiger partial charge in [-0.1, -0.05) is 0 Å². The number of rotatable bonds is 4. The molecular weight excluding hydrogens is 272 g/mol. The molecule has 114 valence electrons. The monoisotopic (exact) mass is 292 g/mol. The number of hydrogen-bond acceptors (Lipinski definition) is 6. The Morgan fingerprint density at radius 3 is 2.67 bits per heavy atom. The molecule has 3 rings (SSSR count). The van der Waals surface area contributed by atoms with Crippen molar-refractivity contribution in [3.63, 3.8) is 0 Å². The van der Waals surface area contributed by atoms with Crippen LogP contribution in [0, 0.1) is 10.1 Å². The maximum Gasteiger partial charge on any atom is 0.311 e. The third-order valence-corrected chi connectivity index (χ3v) is 4.26. The molecule has 0 saturated carbocycles. The van der Waals surface area contributed by atoms with Crippen molar-refractivity contribution in [2.75, 3.05) is 51.3 Å². The molecule has 7 heteroatoms. The second-order valence-electron chi connectivity index (χ2n) is 5.46. The third-order valence-electron chi connectivity index (χ3n) is 4.26. The fourth-order valence-corrected chi connectivity index (χ4v) is 2.96. The second kappa shape index (κ2) is 5.87. The lowest BCUT2D eigenvalue weighted by atomic mass is 10.0. The summed E-state index contributed by atoms with van der Waals surface area (Å²) < 4.78 is 5.12. The van der Waals surface area contributed by atoms with Gasteiger partial charge < -0.3 is 15.0 Å². The SMILES string of the molecule is COc1cc(N2CC(N3CCNCC3)C2)ccc1[N+](=O)[O-]. The molecule has 2 aliphatic heterocycles. The number of anilines is 1. The number of nitro benzene ring substituents is 1. The van der Waals surface area contributed by atoms with E-state index in [2.05, 4.69) is 15.1 Å². The lowest BCUT2D eigenvalue weighted by Gasteiger charge is -2.48. The van der Waals surface area contributed by atoms with Gasteiger partial charge in [0.1, 0.15) is 0 Å². The smallest absolute Gasteiger partial charge is 0.311 e. The standard InChI is InChI=1S/C14H20N4O3/c1-21-14-8-11(2-3-13(14)18(19)20)17-9-12(10-17)16-6-4-15-5-7-16/h2-3,8,12,15H,4-7,9-10H2,1H3. The minimum absolute atomic E-state index is 0.0143. The molecule has 0 aliphatic carbocycles. The summed E-state index contributed by atoms with van der Waals surface area (Å²) in [5.41, 5.74) is 1.00. The largest absolute Gasteiger partial charge is 0.490 e. The Bertz CT molecular complexity index is 525. The molecule has 2 heterocycles. The molecule has 0 spiro atoms. The number of methoxy groups -OCH3 is 1. The average molecular weight is 292 g/mol. The van der Waals surface area contributed by atoms with Gasteiger partial charge in [-0.25, -0.2) is 0 Å². The van der Waals surface area contributed by atoms with Crippen LogP contribution in [0.3, 0.4) is 0 Å². The van der Waals surface area contributed by atoms with E-state index in [1.807, 2.05) is 0 Å². The Hall–Kier alpha value is -1.86. The van der Waals surface area contributed by atoms with Crippen molar-refractivity contribution in [1.29, 1.82) is 0 Å². The summed E-state index contributed by atoms with van der Waals surface area (Å²) in [7, 11) is 1.46. The van der Waals surface area contributed by atoms with Crippen molar-refractivity contribution >= 4 is 11.4 Å². The van der Waals surface area contributed by atoms with Gasteiger partial charge in [0.05, 0.1) is 12.0 Å². The number of benzene rings is 1. The van der Waals surface area contributed by atoms with E-state index in [4.69, 9.17) is 4.74 Å². The zero-order valence-electron chi connectivity index (χ0n) is 12.1. The van der Waals surface area contributed by atoms with Crippen LogP contribution in [0.2, 0.25) is 0 Å². The summed E-state index contributed by atoms with van der Waals surface area (Å²) in [5.74, 6) is 0.322. The Kier molecular flexibility index (Phi) is 3.94. The molecule has 7 nitrogen and oxygen atoms in total. The zero-order chi connectivity index (χ0) is 14.8. The van der Waals surface area contributed by atoms with Crippen LogP contribution in [0.4, 0.5) is 11.4 Å². The molecular formula is C14H20N4O3. The molecule has 2 saturated heterocycles. The molecule has 21 heavy (non-hydrogen) atoms. The third kappa shape index (κ3) is 2.79. The molecule has 1 aromatic carbocycles. The van der Waals surface area contributed by atoms with Crippen LogP contribution in [0.1, 0.15) is 0 Å². The number of nitrogens with zero attached hydrogens (tertiary/aromatic N) is 3. The fraction of sp³-hybridized carbons (Fsp3) is 0.571. The predicted molar refractivity (Wildman–Crippen MR) is 80.1 cm³/mol. The molecule has 0 bridgehead atoms. The van der Waals surface area contributed by atoms with Crippen LogP contribution in [-0.4, -0.2) is 62.2 Å². The Morgan fingerprint density at radius 2 is 2.05 bits per heavy atom. The average Bonchev–Trinajstić information content (AvgIpc) is 2.46. The number of hydrogen-bond donors (Lipinski definition) is 1. The summed E-state index contributed by atoms with van der Waals surface area (Å²) >= 11 is 0. The van der Waals surface area contributed by atoms with Gasteiger partial charge in [-0.3, -0.25) is 15.0 Å². The maximum atomic E-state index is 10.9. The van der Waals surface area contributed by atoms with Crippen molar-refractivity contribution in [2.24, 2.45) is 0 Å². The normalized spacial score (nSPS) is 20.1. The Balaban J connectivity index is 1.65. The van der Waals surface area contributed by atoms with Crippen molar-refractivity contribution in [2.45, 2.75) is 6.04 Å². The van der Waals surface area contributed by atoms with Gasteiger partial charge in [-0.05, 0) is 6.07 Å². The number of ether oxygens (including phenoxy) is 1. The van der Waals surface area contributed by atoms with Crippen LogP contribution < -0.4 is 15.0 Å². The first kappa shape index (κ1) is 14.1. The molecule has 0 radical (unpaired) electrons. The zero-order valence-corrected chi connectivity index (χ0v) is 12.1. The van der Waals surface area contributed by atoms with Gasteiger partial charge >= 0.3 is 5.69 Å². The first-order valence-electron chi connectivity index (χ1n) is 7.21. The van der Waals surface area contributed by atoms with E-state index >= 15 is 0 Å². The highest BCUT2D eigenvalue weighted by molar-refractivity contribution is 5.60. The van der Waals surface area contributed by atoms with Crippen molar-refractivity contribution < 1.29 is 9.66 Å². The van der Waals surface area contributed by atoms with Gasteiger partial charge in [-0.2, -0.15) is 0 Å².